The predicted octanol–water partition coefficient (Wildman–Crippen LogP) is 3.98. The van der Waals surface area contributed by atoms with Gasteiger partial charge in [-0.3, -0.25) is 0 Å². The molecular weight excluding hydrogens is 224 g/mol. The van der Waals surface area contributed by atoms with Crippen LogP contribution >= 0.6 is 0 Å². The monoisotopic (exact) mass is 240 g/mol. The molecule has 0 aliphatic heterocycles. The van der Waals surface area contributed by atoms with Crippen LogP contribution in [0.2, 0.25) is 0 Å². The number of benzene rings is 2. The molecule has 0 spiro atoms. The van der Waals surface area contributed by atoms with E-state index >= 15 is 0 Å². The minimum absolute atomic E-state index is 0.409. The van der Waals surface area contributed by atoms with Gasteiger partial charge in [0, 0.05) is 0 Å². The van der Waals surface area contributed by atoms with Crippen LogP contribution < -0.4 is 0 Å². The van der Waals surface area contributed by atoms with Gasteiger partial charge in [0.15, 0.2) is 0 Å². The van der Waals surface area contributed by atoms with E-state index in [4.69, 9.17) is 5.11 Å². The zero-order valence-electron chi connectivity index (χ0n) is 10.8. The molecule has 18 heavy (non-hydrogen) atoms. The van der Waals surface area contributed by atoms with E-state index in [9.17, 15) is 4.79 Å². The van der Waals surface area contributed by atoms with Crippen LogP contribution in [0, 0.1) is 20.8 Å². The molecule has 0 fully saturated rings. The molecule has 0 aliphatic carbocycles. The maximum Gasteiger partial charge on any atom is 0.336 e. The third kappa shape index (κ3) is 2.28. The van der Waals surface area contributed by atoms with Gasteiger partial charge in [0.1, 0.15) is 0 Å². The molecule has 2 rings (SSSR count). The van der Waals surface area contributed by atoms with Crippen LogP contribution in [-0.4, -0.2) is 11.1 Å². The summed E-state index contributed by atoms with van der Waals surface area (Å²) in [5.74, 6) is -0.860. The third-order valence-electron chi connectivity index (χ3n) is 3.10. The molecule has 0 unspecified atom stereocenters. The minimum atomic E-state index is -0.860. The fourth-order valence-corrected chi connectivity index (χ4v) is 2.29. The Morgan fingerprint density at radius 3 is 2.06 bits per heavy atom. The van der Waals surface area contributed by atoms with Crippen LogP contribution in [0.5, 0.6) is 0 Å². The van der Waals surface area contributed by atoms with Gasteiger partial charge in [-0.25, -0.2) is 4.79 Å². The van der Waals surface area contributed by atoms with Gasteiger partial charge in [-0.15, -0.1) is 0 Å². The molecule has 0 bridgehead atoms. The Morgan fingerprint density at radius 2 is 1.56 bits per heavy atom. The lowest BCUT2D eigenvalue weighted by Crippen LogP contribution is -2.03. The van der Waals surface area contributed by atoms with Gasteiger partial charge in [0.25, 0.3) is 0 Å². The largest absolute Gasteiger partial charge is 0.478 e. The van der Waals surface area contributed by atoms with Gasteiger partial charge in [0.2, 0.25) is 0 Å². The second kappa shape index (κ2) is 4.65. The SMILES string of the molecule is Cc1cccc(-c2cc(C)c(C(=O)O)c(C)c2)c1. The van der Waals surface area contributed by atoms with E-state index in [0.29, 0.717) is 5.56 Å². The summed E-state index contributed by atoms with van der Waals surface area (Å²) < 4.78 is 0. The van der Waals surface area contributed by atoms with Crippen molar-refractivity contribution in [2.75, 3.05) is 0 Å². The first-order valence-electron chi connectivity index (χ1n) is 5.90. The topological polar surface area (TPSA) is 37.3 Å². The highest BCUT2D eigenvalue weighted by molar-refractivity contribution is 5.92. The first kappa shape index (κ1) is 12.4. The Bertz CT molecular complexity index is 589. The molecule has 2 nitrogen and oxygen atoms in total. The summed E-state index contributed by atoms with van der Waals surface area (Å²) in [5, 5.41) is 9.15. The lowest BCUT2D eigenvalue weighted by molar-refractivity contribution is 0.0695. The molecule has 1 N–H and O–H groups in total. The van der Waals surface area contributed by atoms with Crippen molar-refractivity contribution in [1.29, 1.82) is 0 Å². The predicted molar refractivity (Wildman–Crippen MR) is 73.0 cm³/mol. The van der Waals surface area contributed by atoms with Crippen molar-refractivity contribution >= 4 is 5.97 Å². The molecule has 0 atom stereocenters. The molecule has 2 aromatic carbocycles. The Balaban J connectivity index is 2.58. The normalized spacial score (nSPS) is 10.4. The molecule has 0 aromatic heterocycles. The fourth-order valence-electron chi connectivity index (χ4n) is 2.29. The van der Waals surface area contributed by atoms with Crippen molar-refractivity contribution < 1.29 is 9.90 Å². The standard InChI is InChI=1S/C16H16O2/c1-10-5-4-6-13(7-10)14-8-11(2)15(16(17)18)12(3)9-14/h4-9H,1-3H3,(H,17,18). The van der Waals surface area contributed by atoms with Crippen molar-refractivity contribution in [1.82, 2.24) is 0 Å². The summed E-state index contributed by atoms with van der Waals surface area (Å²) in [7, 11) is 0. The number of aryl methyl sites for hydroxylation is 3. The quantitative estimate of drug-likeness (QED) is 0.862. The van der Waals surface area contributed by atoms with Crippen molar-refractivity contribution in [2.45, 2.75) is 20.8 Å². The van der Waals surface area contributed by atoms with Crippen LogP contribution in [0.25, 0.3) is 11.1 Å². The molecule has 2 heteroatoms. The molecule has 0 heterocycles. The molecular formula is C16H16O2. The number of aromatic carboxylic acids is 1. The molecule has 0 aliphatic rings. The van der Waals surface area contributed by atoms with Gasteiger partial charge in [0.05, 0.1) is 5.56 Å². The van der Waals surface area contributed by atoms with Gasteiger partial charge in [-0.05, 0) is 43.0 Å². The molecule has 92 valence electrons. The maximum atomic E-state index is 11.1. The van der Waals surface area contributed by atoms with Gasteiger partial charge >= 0.3 is 5.97 Å². The van der Waals surface area contributed by atoms with Crippen molar-refractivity contribution in [3.05, 3.63) is 58.7 Å². The Morgan fingerprint density at radius 1 is 0.944 bits per heavy atom. The van der Waals surface area contributed by atoms with Gasteiger partial charge in [-0.1, -0.05) is 42.0 Å². The summed E-state index contributed by atoms with van der Waals surface area (Å²) in [4.78, 5) is 11.1. The van der Waals surface area contributed by atoms with E-state index in [-0.39, 0.29) is 0 Å². The summed E-state index contributed by atoms with van der Waals surface area (Å²) in [6.07, 6.45) is 0. The van der Waals surface area contributed by atoms with Crippen LogP contribution in [-0.2, 0) is 0 Å². The first-order valence-corrected chi connectivity index (χ1v) is 5.90. The number of hydrogen-bond donors (Lipinski definition) is 1. The number of hydrogen-bond acceptors (Lipinski definition) is 1. The maximum absolute atomic E-state index is 11.1. The number of carbonyl (C=O) groups is 1. The Labute approximate surface area is 107 Å². The molecule has 0 saturated heterocycles. The first-order chi connectivity index (χ1) is 8.49. The van der Waals surface area contributed by atoms with Gasteiger partial charge < -0.3 is 5.11 Å². The molecule has 0 amide bonds. The van der Waals surface area contributed by atoms with Crippen LogP contribution in [0.15, 0.2) is 36.4 Å². The van der Waals surface area contributed by atoms with E-state index in [1.54, 1.807) is 0 Å². The second-order valence-corrected chi connectivity index (χ2v) is 4.66. The Kier molecular flexibility index (Phi) is 3.19. The average molecular weight is 240 g/mol. The highest BCUT2D eigenvalue weighted by Crippen LogP contribution is 2.25. The van der Waals surface area contributed by atoms with Crippen LogP contribution in [0.1, 0.15) is 27.0 Å². The highest BCUT2D eigenvalue weighted by atomic mass is 16.4. The van der Waals surface area contributed by atoms with Crippen LogP contribution in [0.4, 0.5) is 0 Å². The third-order valence-corrected chi connectivity index (χ3v) is 3.10. The summed E-state index contributed by atoms with van der Waals surface area (Å²) in [6.45, 7) is 5.74. The van der Waals surface area contributed by atoms with Crippen molar-refractivity contribution in [3.8, 4) is 11.1 Å². The lowest BCUT2D eigenvalue weighted by Gasteiger charge is -2.10. The van der Waals surface area contributed by atoms with Gasteiger partial charge in [-0.2, -0.15) is 0 Å². The summed E-state index contributed by atoms with van der Waals surface area (Å²) in [6, 6.07) is 12.1. The minimum Gasteiger partial charge on any atom is -0.478 e. The Hall–Kier alpha value is -2.09. The zero-order valence-corrected chi connectivity index (χ0v) is 10.8. The second-order valence-electron chi connectivity index (χ2n) is 4.66. The smallest absolute Gasteiger partial charge is 0.336 e. The van der Waals surface area contributed by atoms with E-state index in [1.807, 2.05) is 38.1 Å². The fraction of sp³-hybridized carbons (Fsp3) is 0.188. The van der Waals surface area contributed by atoms with Crippen molar-refractivity contribution in [2.24, 2.45) is 0 Å². The van der Waals surface area contributed by atoms with E-state index in [1.165, 1.54) is 5.56 Å². The van der Waals surface area contributed by atoms with Crippen molar-refractivity contribution in [3.63, 3.8) is 0 Å². The summed E-state index contributed by atoms with van der Waals surface area (Å²) >= 11 is 0. The van der Waals surface area contributed by atoms with Crippen LogP contribution in [0.3, 0.4) is 0 Å². The molecule has 2 aromatic rings. The van der Waals surface area contributed by atoms with E-state index < -0.39 is 5.97 Å². The summed E-state index contributed by atoms with van der Waals surface area (Å²) in [5.41, 5.74) is 5.41. The number of rotatable bonds is 2. The number of carboxylic acids is 1. The zero-order chi connectivity index (χ0) is 13.3. The highest BCUT2D eigenvalue weighted by Gasteiger charge is 2.12. The number of carboxylic acid groups (broad SMARTS) is 1. The molecule has 0 saturated carbocycles. The molecule has 0 radical (unpaired) electrons. The average Bonchev–Trinajstić information content (AvgIpc) is 2.27. The van der Waals surface area contributed by atoms with E-state index in [2.05, 4.69) is 19.1 Å². The lowest BCUT2D eigenvalue weighted by atomic mass is 9.95. The van der Waals surface area contributed by atoms with E-state index in [0.717, 1.165) is 22.3 Å².